The zero-order valence-electron chi connectivity index (χ0n) is 25.4. The third kappa shape index (κ3) is 13.0. The molecule has 1 aromatic heterocycles. The fourth-order valence-corrected chi connectivity index (χ4v) is 4.92. The van der Waals surface area contributed by atoms with E-state index in [4.69, 9.17) is 10.1 Å². The van der Waals surface area contributed by atoms with Crippen molar-refractivity contribution in [3.8, 4) is 0 Å². The molecule has 1 saturated heterocycles. The van der Waals surface area contributed by atoms with Crippen molar-refractivity contribution < 1.29 is 17.9 Å². The number of thiophene rings is 1. The number of amidine groups is 1. The number of hydrogen-bond acceptors (Lipinski definition) is 5. The molecule has 3 N–H and O–H groups in total. The number of ether oxygens (including phenoxy) is 1. The number of nitrogens with zero attached hydrogens (tertiary/aromatic N) is 1. The monoisotopic (exact) mass is 572 g/mol. The molecule has 3 rings (SSSR count). The van der Waals surface area contributed by atoms with Gasteiger partial charge in [0.1, 0.15) is 10.8 Å². The van der Waals surface area contributed by atoms with Crippen molar-refractivity contribution in [3.63, 3.8) is 0 Å². The number of rotatable bonds is 8. The molecule has 224 valence electrons. The zero-order valence-corrected chi connectivity index (χ0v) is 26.2. The second-order valence-electron chi connectivity index (χ2n) is 7.89. The van der Waals surface area contributed by atoms with E-state index in [1.165, 1.54) is 17.0 Å². The van der Waals surface area contributed by atoms with Crippen molar-refractivity contribution >= 4 is 27.9 Å². The van der Waals surface area contributed by atoms with E-state index in [0.29, 0.717) is 25.7 Å². The summed E-state index contributed by atoms with van der Waals surface area (Å²) in [6.07, 6.45) is 1.07. The summed E-state index contributed by atoms with van der Waals surface area (Å²) in [5.41, 5.74) is 2.78. The first-order chi connectivity index (χ1) is 18.9. The molecule has 0 bridgehead atoms. The molecular weight excluding hydrogens is 521 g/mol. The molecule has 0 radical (unpaired) electrons. The summed E-state index contributed by atoms with van der Waals surface area (Å²) in [5, 5.41) is 16.7. The Kier molecular flexibility index (Phi) is 23.4. The smallest absolute Gasteiger partial charge is 0.263 e. The predicted molar refractivity (Wildman–Crippen MR) is 165 cm³/mol. The maximum atomic E-state index is 12.8. The Hall–Kier alpha value is -2.36. The molecule has 39 heavy (non-hydrogen) atoms. The van der Waals surface area contributed by atoms with Crippen LogP contribution in [0.15, 0.2) is 36.9 Å². The lowest BCUT2D eigenvalue weighted by molar-refractivity contribution is 0.151. The topological polar surface area (TPSA) is 60.4 Å². The molecule has 0 amide bonds. The number of aryl methyl sites for hydroxylation is 1. The summed E-state index contributed by atoms with van der Waals surface area (Å²) in [4.78, 5) is 3.35. The number of allylic oxidation sites excluding steroid dienone is 1. The zero-order chi connectivity index (χ0) is 30.4. The lowest BCUT2D eigenvalue weighted by Crippen LogP contribution is -2.53. The Labute approximate surface area is 239 Å². The molecule has 5 nitrogen and oxygen atoms in total. The van der Waals surface area contributed by atoms with E-state index in [2.05, 4.69) is 36.0 Å². The molecule has 2 heterocycles. The number of methoxy groups -OCH3 is 1. The second kappa shape index (κ2) is 23.5. The van der Waals surface area contributed by atoms with Crippen molar-refractivity contribution in [2.75, 3.05) is 45.8 Å². The van der Waals surface area contributed by atoms with Gasteiger partial charge in [-0.25, -0.2) is 8.78 Å². The van der Waals surface area contributed by atoms with Crippen LogP contribution >= 0.6 is 11.3 Å². The molecular formula is C30H51F3N4OS. The normalized spacial score (nSPS) is 13.8. The van der Waals surface area contributed by atoms with Crippen molar-refractivity contribution in [2.45, 2.75) is 73.8 Å². The van der Waals surface area contributed by atoms with Crippen LogP contribution in [-0.4, -0.2) is 57.3 Å². The first kappa shape index (κ1) is 38.8. The van der Waals surface area contributed by atoms with Gasteiger partial charge in [-0.1, -0.05) is 52.8 Å². The number of nitrogens with one attached hydrogen (secondary N) is 3. The van der Waals surface area contributed by atoms with Crippen molar-refractivity contribution in [1.82, 2.24) is 10.2 Å². The van der Waals surface area contributed by atoms with Crippen LogP contribution in [0, 0.1) is 12.3 Å². The highest BCUT2D eigenvalue weighted by Crippen LogP contribution is 2.36. The Balaban J connectivity index is 0. The van der Waals surface area contributed by atoms with E-state index in [1.54, 1.807) is 36.7 Å². The van der Waals surface area contributed by atoms with Crippen LogP contribution < -0.4 is 10.6 Å². The van der Waals surface area contributed by atoms with Gasteiger partial charge in [0.15, 0.2) is 0 Å². The molecule has 0 aliphatic carbocycles. The highest BCUT2D eigenvalue weighted by molar-refractivity contribution is 7.16. The average Bonchev–Trinajstić information content (AvgIpc) is 3.29. The van der Waals surface area contributed by atoms with Gasteiger partial charge in [-0.15, -0.1) is 17.9 Å². The Morgan fingerprint density at radius 3 is 2.28 bits per heavy atom. The van der Waals surface area contributed by atoms with Crippen LogP contribution in [0.4, 0.5) is 23.9 Å². The third-order valence-corrected chi connectivity index (χ3v) is 6.82. The van der Waals surface area contributed by atoms with E-state index in [0.717, 1.165) is 54.3 Å². The fourth-order valence-electron chi connectivity index (χ4n) is 3.75. The number of benzene rings is 1. The van der Waals surface area contributed by atoms with Crippen LogP contribution in [0.25, 0.3) is 0 Å². The van der Waals surface area contributed by atoms with Gasteiger partial charge >= 0.3 is 0 Å². The Morgan fingerprint density at radius 1 is 1.23 bits per heavy atom. The minimum atomic E-state index is -2.47. The Morgan fingerprint density at radius 2 is 1.79 bits per heavy atom. The van der Waals surface area contributed by atoms with E-state index < -0.39 is 6.43 Å². The highest BCUT2D eigenvalue weighted by atomic mass is 32.1. The van der Waals surface area contributed by atoms with Gasteiger partial charge in [-0.3, -0.25) is 9.80 Å². The van der Waals surface area contributed by atoms with Crippen LogP contribution in [0.1, 0.15) is 76.0 Å². The number of piperazine rings is 1. The third-order valence-electron chi connectivity index (χ3n) is 5.47. The number of anilines is 2. The quantitative estimate of drug-likeness (QED) is 0.168. The molecule has 1 aromatic carbocycles. The van der Waals surface area contributed by atoms with Gasteiger partial charge in [0.2, 0.25) is 0 Å². The van der Waals surface area contributed by atoms with E-state index in [9.17, 15) is 13.2 Å². The first-order valence-electron chi connectivity index (χ1n) is 13.6. The van der Waals surface area contributed by atoms with Crippen molar-refractivity contribution in [1.29, 1.82) is 5.41 Å². The molecule has 1 atom stereocenters. The van der Waals surface area contributed by atoms with E-state index >= 15 is 0 Å². The molecule has 0 unspecified atom stereocenters. The van der Waals surface area contributed by atoms with Crippen LogP contribution in [0.3, 0.4) is 0 Å². The summed E-state index contributed by atoms with van der Waals surface area (Å²) in [5.74, 6) is 0.513. The van der Waals surface area contributed by atoms with Crippen LogP contribution in [-0.2, 0) is 11.2 Å². The predicted octanol–water partition coefficient (Wildman–Crippen LogP) is 8.77. The minimum absolute atomic E-state index is 0.00745. The van der Waals surface area contributed by atoms with E-state index in [1.807, 2.05) is 34.6 Å². The van der Waals surface area contributed by atoms with Gasteiger partial charge in [-0.05, 0) is 44.4 Å². The maximum Gasteiger partial charge on any atom is 0.263 e. The molecule has 9 heteroatoms. The van der Waals surface area contributed by atoms with Gasteiger partial charge in [0, 0.05) is 55.5 Å². The van der Waals surface area contributed by atoms with Crippen molar-refractivity contribution in [3.05, 3.63) is 58.5 Å². The SMILES string of the molecule is C=CC.CC.CC.CCc1sc(Nc2ccc(C(F)F)cc2)c(C(=N)N2CCN[C@@H](CCOC)C2)c1C.CF. The van der Waals surface area contributed by atoms with Crippen molar-refractivity contribution in [2.24, 2.45) is 0 Å². The Bertz CT molecular complexity index is 904. The number of alkyl halides is 3. The summed E-state index contributed by atoms with van der Waals surface area (Å²) in [6.45, 7) is 20.5. The fraction of sp³-hybridized carbons (Fsp3) is 0.567. The largest absolute Gasteiger partial charge is 0.385 e. The summed E-state index contributed by atoms with van der Waals surface area (Å²) in [7, 11) is 2.20. The number of hydrogen-bond donors (Lipinski definition) is 3. The molecule has 0 spiro atoms. The van der Waals surface area contributed by atoms with Gasteiger partial charge in [0.05, 0.1) is 12.7 Å². The maximum absolute atomic E-state index is 12.8. The average molecular weight is 573 g/mol. The molecule has 1 aliphatic rings. The minimum Gasteiger partial charge on any atom is -0.385 e. The van der Waals surface area contributed by atoms with Crippen LogP contribution in [0.2, 0.25) is 0 Å². The van der Waals surface area contributed by atoms with Gasteiger partial charge < -0.3 is 20.3 Å². The highest BCUT2D eigenvalue weighted by Gasteiger charge is 2.26. The molecule has 2 aromatic rings. The standard InChI is InChI=1S/C22H30F2N4OS.C3H6.2C2H6.CH3F/c1-4-18-14(2)19(21(25)28-11-10-26-17(13-28)9-12-29-3)22(30-18)27-16-7-5-15(6-8-16)20(23)24;1-3-2;3*1-2/h5-8,17,20,25-27H,4,9-13H2,1-3H3;3H,1H2,2H3;2*1-2H3;1H3/t17-;;;;/m0..../s1. The molecule has 1 aliphatic heterocycles. The first-order valence-corrected chi connectivity index (χ1v) is 14.5. The summed E-state index contributed by atoms with van der Waals surface area (Å²) in [6, 6.07) is 6.51. The lowest BCUT2D eigenvalue weighted by Gasteiger charge is -2.35. The number of halogens is 3. The summed E-state index contributed by atoms with van der Waals surface area (Å²) < 4.78 is 40.4. The van der Waals surface area contributed by atoms with Gasteiger partial charge in [-0.2, -0.15) is 0 Å². The summed E-state index contributed by atoms with van der Waals surface area (Å²) >= 11 is 1.64. The molecule has 1 fully saturated rings. The van der Waals surface area contributed by atoms with E-state index in [-0.39, 0.29) is 5.56 Å². The molecule has 0 saturated carbocycles. The van der Waals surface area contributed by atoms with Gasteiger partial charge in [0.25, 0.3) is 6.43 Å². The lowest BCUT2D eigenvalue weighted by atomic mass is 10.1. The van der Waals surface area contributed by atoms with Crippen LogP contribution in [0.5, 0.6) is 0 Å². The second-order valence-corrected chi connectivity index (χ2v) is 9.00.